The van der Waals surface area contributed by atoms with Crippen LogP contribution in [0.3, 0.4) is 0 Å². The Morgan fingerprint density at radius 3 is 2.66 bits per heavy atom. The third-order valence-electron chi connectivity index (χ3n) is 6.50. The monoisotopic (exact) mass is 492 g/mol. The third kappa shape index (κ3) is 3.47. The molecule has 2 aliphatic rings. The highest BCUT2D eigenvalue weighted by Crippen LogP contribution is 2.39. The Morgan fingerprint density at radius 1 is 1.06 bits per heavy atom. The van der Waals surface area contributed by atoms with Gasteiger partial charge in [0.2, 0.25) is 0 Å². The Balaban J connectivity index is 0.00000253. The first-order valence-electron chi connectivity index (χ1n) is 10.9. The van der Waals surface area contributed by atoms with Crippen LogP contribution in [-0.4, -0.2) is 52.6 Å². The highest BCUT2D eigenvalue weighted by molar-refractivity contribution is 6.50. The van der Waals surface area contributed by atoms with Crippen molar-refractivity contribution in [2.24, 2.45) is 0 Å². The lowest BCUT2D eigenvalue weighted by atomic mass is 9.95. The molecule has 0 atom stereocenters. The van der Waals surface area contributed by atoms with Crippen LogP contribution in [-0.2, 0) is 27.3 Å². The maximum Gasteiger partial charge on any atom is 0.409 e. The molecule has 3 amide bonds. The van der Waals surface area contributed by atoms with E-state index in [-0.39, 0.29) is 24.1 Å². The van der Waals surface area contributed by atoms with Crippen LogP contribution in [0.15, 0.2) is 53.5 Å². The van der Waals surface area contributed by atoms with Gasteiger partial charge in [-0.1, -0.05) is 18.2 Å². The topological polar surface area (TPSA) is 107 Å². The van der Waals surface area contributed by atoms with E-state index in [0.717, 1.165) is 21.9 Å². The van der Waals surface area contributed by atoms with E-state index in [9.17, 15) is 14.4 Å². The van der Waals surface area contributed by atoms with Crippen molar-refractivity contribution in [2.75, 3.05) is 20.2 Å². The second kappa shape index (κ2) is 8.59. The molecule has 3 aromatic heterocycles. The van der Waals surface area contributed by atoms with Crippen molar-refractivity contribution in [2.45, 2.75) is 13.0 Å². The van der Waals surface area contributed by atoms with Gasteiger partial charge in [0.15, 0.2) is 0 Å². The first kappa shape index (κ1) is 22.7. The number of ether oxygens (including phenoxy) is 1. The number of hydrogen-bond donors (Lipinski definition) is 1. The zero-order chi connectivity index (χ0) is 23.4. The van der Waals surface area contributed by atoms with Gasteiger partial charge in [-0.3, -0.25) is 19.9 Å². The molecular formula is C25H21ClN4O5. The first-order valence-corrected chi connectivity index (χ1v) is 10.9. The number of halogens is 1. The number of nitrogens with one attached hydrogen (secondary N) is 1. The average molecular weight is 493 g/mol. The number of benzene rings is 1. The molecule has 6 rings (SSSR count). The SMILES string of the molecule is COC(=O)N1CCc2cccc3c(C4=C(c5cncc6ccoc56)C(=O)NC4=O)cn(c23)CC1.Cl. The lowest BCUT2D eigenvalue weighted by Crippen LogP contribution is -2.36. The number of carbonyl (C=O) groups excluding carboxylic acids is 3. The number of carbonyl (C=O) groups is 3. The summed E-state index contributed by atoms with van der Waals surface area (Å²) in [6, 6.07) is 7.67. The molecule has 0 unspecified atom stereocenters. The van der Waals surface area contributed by atoms with Gasteiger partial charge in [0.05, 0.1) is 30.0 Å². The molecule has 1 N–H and O–H groups in total. The second-order valence-corrected chi connectivity index (χ2v) is 8.32. The van der Waals surface area contributed by atoms with Gasteiger partial charge >= 0.3 is 6.09 Å². The molecule has 0 spiro atoms. The highest BCUT2D eigenvalue weighted by atomic mass is 35.5. The molecule has 10 heteroatoms. The molecule has 5 heterocycles. The van der Waals surface area contributed by atoms with Crippen molar-refractivity contribution >= 4 is 63.3 Å². The number of fused-ring (bicyclic) bond motifs is 1. The van der Waals surface area contributed by atoms with Crippen molar-refractivity contribution in [1.29, 1.82) is 0 Å². The van der Waals surface area contributed by atoms with Crippen molar-refractivity contribution < 1.29 is 23.5 Å². The fourth-order valence-corrected chi connectivity index (χ4v) is 4.96. The average Bonchev–Trinajstić information content (AvgIpc) is 3.52. The van der Waals surface area contributed by atoms with Crippen LogP contribution < -0.4 is 5.32 Å². The molecule has 178 valence electrons. The maximum absolute atomic E-state index is 13.1. The van der Waals surface area contributed by atoms with Crippen LogP contribution in [0.25, 0.3) is 33.0 Å². The maximum atomic E-state index is 13.1. The fraction of sp³-hybridized carbons (Fsp3) is 0.200. The Bertz CT molecular complexity index is 1550. The number of para-hydroxylation sites is 1. The lowest BCUT2D eigenvalue weighted by molar-refractivity contribution is -0.122. The van der Waals surface area contributed by atoms with Crippen molar-refractivity contribution in [3.05, 3.63) is 65.8 Å². The van der Waals surface area contributed by atoms with Gasteiger partial charge < -0.3 is 18.6 Å². The predicted molar refractivity (Wildman–Crippen MR) is 131 cm³/mol. The summed E-state index contributed by atoms with van der Waals surface area (Å²) in [7, 11) is 1.37. The van der Waals surface area contributed by atoms with E-state index >= 15 is 0 Å². The zero-order valence-corrected chi connectivity index (χ0v) is 19.6. The summed E-state index contributed by atoms with van der Waals surface area (Å²) in [4.78, 5) is 44.1. The van der Waals surface area contributed by atoms with Gasteiger partial charge in [-0.15, -0.1) is 12.4 Å². The normalized spacial score (nSPS) is 15.7. The smallest absolute Gasteiger partial charge is 0.409 e. The molecule has 0 saturated heterocycles. The fourth-order valence-electron chi connectivity index (χ4n) is 4.96. The number of amides is 3. The molecule has 35 heavy (non-hydrogen) atoms. The molecule has 0 aliphatic carbocycles. The molecule has 4 aromatic rings. The minimum Gasteiger partial charge on any atom is -0.464 e. The van der Waals surface area contributed by atoms with E-state index in [4.69, 9.17) is 9.15 Å². The molecule has 2 aliphatic heterocycles. The van der Waals surface area contributed by atoms with Crippen molar-refractivity contribution in [3.8, 4) is 0 Å². The summed E-state index contributed by atoms with van der Waals surface area (Å²) in [5.74, 6) is -0.942. The van der Waals surface area contributed by atoms with Gasteiger partial charge in [0, 0.05) is 60.1 Å². The van der Waals surface area contributed by atoms with Crippen LogP contribution in [0.1, 0.15) is 16.7 Å². The summed E-state index contributed by atoms with van der Waals surface area (Å²) < 4.78 is 12.6. The van der Waals surface area contributed by atoms with E-state index in [1.807, 2.05) is 29.0 Å². The van der Waals surface area contributed by atoms with E-state index in [1.165, 1.54) is 13.4 Å². The minimum atomic E-state index is -0.482. The molecular weight excluding hydrogens is 472 g/mol. The molecule has 9 nitrogen and oxygen atoms in total. The standard InChI is InChI=1S/C25H20N4O5.ClH/c1-33-25(32)28-7-5-14-3-2-4-16-18(13-29(9-8-28)21(14)16)20-19(23(30)27-24(20)31)17-12-26-11-15-6-10-34-22(15)17;/h2-4,6,10-13H,5,7-9H2,1H3,(H,27,30,31);1H. The van der Waals surface area contributed by atoms with E-state index in [1.54, 1.807) is 23.4 Å². The molecule has 0 fully saturated rings. The second-order valence-electron chi connectivity index (χ2n) is 8.32. The van der Waals surface area contributed by atoms with E-state index < -0.39 is 11.8 Å². The summed E-state index contributed by atoms with van der Waals surface area (Å²) in [6.45, 7) is 1.53. The molecule has 0 saturated carbocycles. The number of aromatic nitrogens is 2. The van der Waals surface area contributed by atoms with E-state index in [0.29, 0.717) is 48.3 Å². The van der Waals surface area contributed by atoms with Crippen LogP contribution in [0, 0.1) is 0 Å². The van der Waals surface area contributed by atoms with E-state index in [2.05, 4.69) is 10.3 Å². The van der Waals surface area contributed by atoms with Crippen LogP contribution in [0.4, 0.5) is 4.79 Å². The summed E-state index contributed by atoms with van der Waals surface area (Å²) in [5.41, 5.74) is 4.22. The summed E-state index contributed by atoms with van der Waals surface area (Å²) in [6.07, 6.45) is 6.89. The summed E-state index contributed by atoms with van der Waals surface area (Å²) >= 11 is 0. The number of imide groups is 1. The Hall–Kier alpha value is -4.11. The number of furan rings is 1. The first-order chi connectivity index (χ1) is 16.6. The molecule has 1 aromatic carbocycles. The molecule has 0 radical (unpaired) electrons. The number of hydrogen-bond acceptors (Lipinski definition) is 6. The van der Waals surface area contributed by atoms with Crippen LogP contribution in [0.2, 0.25) is 0 Å². The Labute approximate surface area is 205 Å². The molecule has 0 bridgehead atoms. The predicted octanol–water partition coefficient (Wildman–Crippen LogP) is 3.40. The van der Waals surface area contributed by atoms with Crippen molar-refractivity contribution in [1.82, 2.24) is 19.8 Å². The quantitative estimate of drug-likeness (QED) is 0.430. The minimum absolute atomic E-state index is 0. The van der Waals surface area contributed by atoms with Gasteiger partial charge in [0.25, 0.3) is 11.8 Å². The van der Waals surface area contributed by atoms with Gasteiger partial charge in [0.1, 0.15) is 5.58 Å². The Kier molecular flexibility index (Phi) is 5.56. The lowest BCUT2D eigenvalue weighted by Gasteiger charge is -2.24. The zero-order valence-electron chi connectivity index (χ0n) is 18.7. The number of methoxy groups -OCH3 is 1. The number of rotatable bonds is 2. The number of nitrogens with zero attached hydrogens (tertiary/aromatic N) is 3. The van der Waals surface area contributed by atoms with Gasteiger partial charge in [-0.05, 0) is 18.1 Å². The third-order valence-corrected chi connectivity index (χ3v) is 6.50. The van der Waals surface area contributed by atoms with Crippen LogP contribution in [0.5, 0.6) is 0 Å². The van der Waals surface area contributed by atoms with Crippen LogP contribution >= 0.6 is 12.4 Å². The highest BCUT2D eigenvalue weighted by Gasteiger charge is 2.36. The van der Waals surface area contributed by atoms with Crippen molar-refractivity contribution in [3.63, 3.8) is 0 Å². The summed E-state index contributed by atoms with van der Waals surface area (Å²) in [5, 5.41) is 4.07. The Morgan fingerprint density at radius 2 is 1.86 bits per heavy atom. The van der Waals surface area contributed by atoms with Gasteiger partial charge in [-0.2, -0.15) is 0 Å². The largest absolute Gasteiger partial charge is 0.464 e. The number of pyridine rings is 1. The van der Waals surface area contributed by atoms with Gasteiger partial charge in [-0.25, -0.2) is 4.79 Å².